The average molecular weight is 383 g/mol. The monoisotopic (exact) mass is 383 g/mol. The van der Waals surface area contributed by atoms with E-state index in [0.717, 1.165) is 0 Å². The molecule has 4 N–H and O–H groups in total. The summed E-state index contributed by atoms with van der Waals surface area (Å²) >= 11 is 0. The summed E-state index contributed by atoms with van der Waals surface area (Å²) in [6.07, 6.45) is -4.81. The Balaban J connectivity index is 2.18. The van der Waals surface area contributed by atoms with Crippen molar-refractivity contribution >= 4 is 17.6 Å². The highest BCUT2D eigenvalue weighted by Crippen LogP contribution is 2.30. The van der Waals surface area contributed by atoms with Gasteiger partial charge >= 0.3 is 5.97 Å². The number of carbonyl (C=O) groups excluding carboxylic acids is 2. The van der Waals surface area contributed by atoms with Crippen molar-refractivity contribution in [3.63, 3.8) is 0 Å². The van der Waals surface area contributed by atoms with E-state index in [1.165, 1.54) is 6.07 Å². The topological polar surface area (TPSA) is 135 Å². The summed E-state index contributed by atoms with van der Waals surface area (Å²) in [5, 5.41) is 32.0. The van der Waals surface area contributed by atoms with E-state index in [1.54, 1.807) is 26.0 Å². The van der Waals surface area contributed by atoms with Gasteiger partial charge < -0.3 is 34.8 Å². The summed E-state index contributed by atoms with van der Waals surface area (Å²) in [5.41, 5.74) is 0.944. The molecule has 1 fully saturated rings. The highest BCUT2D eigenvalue weighted by Gasteiger charge is 2.39. The van der Waals surface area contributed by atoms with E-state index in [-0.39, 0.29) is 43.7 Å². The van der Waals surface area contributed by atoms with Gasteiger partial charge in [-0.2, -0.15) is 0 Å². The lowest BCUT2D eigenvalue weighted by Gasteiger charge is -2.35. The molecule has 1 aromatic carbocycles. The molecular weight excluding hydrogens is 358 g/mol. The first-order valence-corrected chi connectivity index (χ1v) is 8.76. The Labute approximate surface area is 156 Å². The molecule has 1 aliphatic heterocycles. The van der Waals surface area contributed by atoms with Crippen LogP contribution in [0.25, 0.3) is 0 Å². The molecule has 4 atom stereocenters. The number of nitrogens with one attached hydrogen (secondary N) is 1. The van der Waals surface area contributed by atoms with E-state index in [1.807, 2.05) is 0 Å². The van der Waals surface area contributed by atoms with E-state index in [2.05, 4.69) is 5.32 Å². The number of hydrogen-bond acceptors (Lipinski definition) is 8. The van der Waals surface area contributed by atoms with Crippen LogP contribution < -0.4 is 10.1 Å². The first kappa shape index (κ1) is 21.1. The zero-order valence-corrected chi connectivity index (χ0v) is 15.3. The Kier molecular flexibility index (Phi) is 7.55. The molecule has 1 amide bonds. The molecule has 9 heteroatoms. The molecule has 0 bridgehead atoms. The van der Waals surface area contributed by atoms with E-state index >= 15 is 0 Å². The molecular formula is C18H25NO8. The van der Waals surface area contributed by atoms with Crippen LogP contribution in [0.5, 0.6) is 5.75 Å². The number of aliphatic hydroxyl groups excluding tert-OH is 3. The van der Waals surface area contributed by atoms with Crippen molar-refractivity contribution in [1.82, 2.24) is 0 Å². The Morgan fingerprint density at radius 2 is 1.93 bits per heavy atom. The Bertz CT molecular complexity index is 665. The van der Waals surface area contributed by atoms with E-state index in [4.69, 9.17) is 14.2 Å². The summed E-state index contributed by atoms with van der Waals surface area (Å²) < 4.78 is 15.9. The van der Waals surface area contributed by atoms with Crippen LogP contribution in [-0.2, 0) is 25.7 Å². The average Bonchev–Trinajstić information content (AvgIpc) is 2.67. The number of benzene rings is 1. The summed E-state index contributed by atoms with van der Waals surface area (Å²) in [6.45, 7) is 3.21. The first-order chi connectivity index (χ1) is 12.8. The fourth-order valence-corrected chi connectivity index (χ4v) is 2.38. The number of anilines is 1. The third-order valence-corrected chi connectivity index (χ3v) is 4.03. The highest BCUT2D eigenvalue weighted by molar-refractivity contribution is 5.92. The van der Waals surface area contributed by atoms with Crippen molar-refractivity contribution in [1.29, 1.82) is 0 Å². The number of ether oxygens (including phenoxy) is 3. The van der Waals surface area contributed by atoms with Crippen molar-refractivity contribution in [2.24, 2.45) is 0 Å². The second-order valence-corrected chi connectivity index (χ2v) is 6.11. The van der Waals surface area contributed by atoms with Gasteiger partial charge in [0.2, 0.25) is 12.2 Å². The largest absolute Gasteiger partial charge is 0.461 e. The normalized spacial score (nSPS) is 24.9. The summed E-state index contributed by atoms with van der Waals surface area (Å²) in [6, 6.07) is 4.76. The number of amides is 1. The van der Waals surface area contributed by atoms with Gasteiger partial charge in [0.15, 0.2) is 0 Å². The molecule has 0 aliphatic carbocycles. The second kappa shape index (κ2) is 9.65. The number of rotatable bonds is 7. The molecule has 27 heavy (non-hydrogen) atoms. The van der Waals surface area contributed by atoms with Gasteiger partial charge in [0.05, 0.1) is 12.3 Å². The molecule has 1 aliphatic rings. The van der Waals surface area contributed by atoms with Crippen LogP contribution >= 0.6 is 0 Å². The van der Waals surface area contributed by atoms with Crippen LogP contribution in [-0.4, -0.2) is 58.4 Å². The van der Waals surface area contributed by atoms with Gasteiger partial charge in [0, 0.05) is 12.8 Å². The van der Waals surface area contributed by atoms with Crippen LogP contribution in [0.1, 0.15) is 32.3 Å². The lowest BCUT2D eigenvalue weighted by Crippen LogP contribution is -2.54. The fraction of sp³-hybridized carbons (Fsp3) is 0.556. The number of carbonyl (C=O) groups is 2. The molecule has 0 spiro atoms. The lowest BCUT2D eigenvalue weighted by atomic mass is 10.1. The number of esters is 1. The maximum atomic E-state index is 11.8. The predicted molar refractivity (Wildman–Crippen MR) is 93.8 cm³/mol. The number of hydrogen-bond donors (Lipinski definition) is 4. The van der Waals surface area contributed by atoms with Crippen molar-refractivity contribution in [3.8, 4) is 5.75 Å². The van der Waals surface area contributed by atoms with E-state index in [0.29, 0.717) is 11.3 Å². The molecule has 0 unspecified atom stereocenters. The van der Waals surface area contributed by atoms with Gasteiger partial charge in [0.25, 0.3) is 0 Å². The minimum absolute atomic E-state index is 0.0371. The third-order valence-electron chi connectivity index (χ3n) is 4.03. The number of aliphatic hydroxyl groups is 3. The third kappa shape index (κ3) is 5.64. The van der Waals surface area contributed by atoms with Crippen LogP contribution in [0.4, 0.5) is 5.69 Å². The summed E-state index contributed by atoms with van der Waals surface area (Å²) in [7, 11) is 0. The highest BCUT2D eigenvalue weighted by atomic mass is 16.7. The van der Waals surface area contributed by atoms with Crippen LogP contribution in [0.2, 0.25) is 0 Å². The van der Waals surface area contributed by atoms with Crippen molar-refractivity contribution in [2.45, 2.75) is 57.9 Å². The molecule has 0 saturated carbocycles. The predicted octanol–water partition coefficient (Wildman–Crippen LogP) is 0.306. The van der Waals surface area contributed by atoms with Gasteiger partial charge in [-0.25, -0.2) is 0 Å². The molecule has 0 radical (unpaired) electrons. The molecule has 1 aromatic rings. The van der Waals surface area contributed by atoms with Gasteiger partial charge in [0.1, 0.15) is 30.7 Å². The molecule has 9 nitrogen and oxygen atoms in total. The minimum Gasteiger partial charge on any atom is -0.461 e. The molecule has 1 saturated heterocycles. The standard InChI is InChI=1S/C18H25NO8/c1-3-14(21)19-11-7-10(8-25-15(22)4-2)5-6-13(11)27-18-17(24)16(23)12(20)9-26-18/h5-7,12,16-18,20,23-24H,3-4,8-9H2,1-2H3,(H,19,21)/t12-,16+,17-,18+/m1/s1. The molecule has 2 rings (SSSR count). The summed E-state index contributed by atoms with van der Waals surface area (Å²) in [4.78, 5) is 23.1. The van der Waals surface area contributed by atoms with Crippen molar-refractivity contribution in [2.75, 3.05) is 11.9 Å². The lowest BCUT2D eigenvalue weighted by molar-refractivity contribution is -0.241. The van der Waals surface area contributed by atoms with Gasteiger partial charge in [-0.1, -0.05) is 19.9 Å². The zero-order valence-electron chi connectivity index (χ0n) is 15.3. The van der Waals surface area contributed by atoms with Crippen molar-refractivity contribution < 1.29 is 39.1 Å². The minimum atomic E-state index is -1.46. The van der Waals surface area contributed by atoms with E-state index in [9.17, 15) is 24.9 Å². The maximum absolute atomic E-state index is 11.8. The van der Waals surface area contributed by atoms with Gasteiger partial charge in [-0.05, 0) is 17.7 Å². The molecule has 150 valence electrons. The Morgan fingerprint density at radius 1 is 1.19 bits per heavy atom. The zero-order chi connectivity index (χ0) is 20.0. The van der Waals surface area contributed by atoms with Crippen molar-refractivity contribution in [3.05, 3.63) is 23.8 Å². The first-order valence-electron chi connectivity index (χ1n) is 8.76. The Morgan fingerprint density at radius 3 is 2.59 bits per heavy atom. The van der Waals surface area contributed by atoms with E-state index < -0.39 is 24.6 Å². The molecule has 0 aromatic heterocycles. The Hall–Kier alpha value is -2.20. The fourth-order valence-electron chi connectivity index (χ4n) is 2.38. The quantitative estimate of drug-likeness (QED) is 0.494. The SMILES string of the molecule is CCC(=O)Nc1cc(COC(=O)CC)ccc1O[C@@H]1OC[C@@H](O)[C@H](O)[C@H]1O. The van der Waals surface area contributed by atoms with Crippen LogP contribution in [0.15, 0.2) is 18.2 Å². The maximum Gasteiger partial charge on any atom is 0.305 e. The smallest absolute Gasteiger partial charge is 0.305 e. The molecule has 1 heterocycles. The van der Waals surface area contributed by atoms with Gasteiger partial charge in [-0.15, -0.1) is 0 Å². The van der Waals surface area contributed by atoms with Gasteiger partial charge in [-0.3, -0.25) is 9.59 Å². The van der Waals surface area contributed by atoms with Crippen LogP contribution in [0, 0.1) is 0 Å². The van der Waals surface area contributed by atoms with Crippen LogP contribution in [0.3, 0.4) is 0 Å². The second-order valence-electron chi connectivity index (χ2n) is 6.11. The summed E-state index contributed by atoms with van der Waals surface area (Å²) in [5.74, 6) is -0.404.